The Morgan fingerprint density at radius 1 is 1.47 bits per heavy atom. The highest BCUT2D eigenvalue weighted by molar-refractivity contribution is 7.09. The second-order valence-corrected chi connectivity index (χ2v) is 4.97. The third-order valence-electron chi connectivity index (χ3n) is 2.73. The Labute approximate surface area is 97.1 Å². The van der Waals surface area contributed by atoms with E-state index in [0.29, 0.717) is 12.0 Å². The van der Waals surface area contributed by atoms with Gasteiger partial charge in [-0.3, -0.25) is 0 Å². The van der Waals surface area contributed by atoms with Crippen LogP contribution in [0.4, 0.5) is 0 Å². The maximum absolute atomic E-state index is 4.57. The fourth-order valence-electron chi connectivity index (χ4n) is 1.76. The van der Waals surface area contributed by atoms with E-state index >= 15 is 0 Å². The molecule has 0 saturated heterocycles. The van der Waals surface area contributed by atoms with Crippen molar-refractivity contribution in [2.45, 2.75) is 52.5 Å². The van der Waals surface area contributed by atoms with Gasteiger partial charge in [-0.05, 0) is 26.3 Å². The molecule has 0 amide bonds. The lowest BCUT2D eigenvalue weighted by Crippen LogP contribution is -2.33. The third-order valence-corrected chi connectivity index (χ3v) is 3.89. The van der Waals surface area contributed by atoms with Crippen molar-refractivity contribution in [1.29, 1.82) is 0 Å². The van der Waals surface area contributed by atoms with Gasteiger partial charge in [-0.15, -0.1) is 11.3 Å². The molecule has 1 aromatic heterocycles. The van der Waals surface area contributed by atoms with Crippen LogP contribution in [0.1, 0.15) is 50.2 Å². The zero-order chi connectivity index (χ0) is 11.3. The van der Waals surface area contributed by atoms with Crippen molar-refractivity contribution in [3.8, 4) is 0 Å². The normalized spacial score (nSPS) is 15.2. The Kier molecular flexibility index (Phi) is 5.26. The van der Waals surface area contributed by atoms with Crippen LogP contribution >= 0.6 is 11.3 Å². The summed E-state index contributed by atoms with van der Waals surface area (Å²) in [6.45, 7) is 9.89. The molecule has 1 rings (SSSR count). The molecule has 0 fully saturated rings. The number of aromatic nitrogens is 1. The molecule has 0 aromatic carbocycles. The first-order valence-electron chi connectivity index (χ1n) is 5.84. The maximum Gasteiger partial charge on any atom is 0.0971 e. The Hall–Kier alpha value is -0.410. The lowest BCUT2D eigenvalue weighted by atomic mass is 10.0. The second kappa shape index (κ2) is 6.23. The predicted octanol–water partition coefficient (Wildman–Crippen LogP) is 3.33. The van der Waals surface area contributed by atoms with Crippen molar-refractivity contribution in [3.63, 3.8) is 0 Å². The summed E-state index contributed by atoms with van der Waals surface area (Å²) in [7, 11) is 0. The van der Waals surface area contributed by atoms with E-state index in [1.165, 1.54) is 17.8 Å². The van der Waals surface area contributed by atoms with E-state index in [9.17, 15) is 0 Å². The van der Waals surface area contributed by atoms with Gasteiger partial charge in [-0.25, -0.2) is 4.98 Å². The lowest BCUT2D eigenvalue weighted by molar-refractivity contribution is 0.437. The summed E-state index contributed by atoms with van der Waals surface area (Å²) in [4.78, 5) is 4.57. The minimum atomic E-state index is 0.528. The largest absolute Gasteiger partial charge is 0.313 e. The van der Waals surface area contributed by atoms with Gasteiger partial charge >= 0.3 is 0 Å². The van der Waals surface area contributed by atoms with Crippen molar-refractivity contribution in [2.24, 2.45) is 0 Å². The number of thiazole rings is 1. The molecule has 1 aromatic rings. The first kappa shape index (κ1) is 12.7. The summed E-state index contributed by atoms with van der Waals surface area (Å²) in [5.74, 6) is 0.528. The summed E-state index contributed by atoms with van der Waals surface area (Å²) in [5.41, 5.74) is 1.15. The molecular formula is C12H22N2S. The van der Waals surface area contributed by atoms with Crippen LogP contribution in [0.5, 0.6) is 0 Å². The van der Waals surface area contributed by atoms with Crippen LogP contribution in [0.15, 0.2) is 5.38 Å². The highest BCUT2D eigenvalue weighted by Gasteiger charge is 2.18. The topological polar surface area (TPSA) is 24.9 Å². The van der Waals surface area contributed by atoms with Crippen molar-refractivity contribution in [3.05, 3.63) is 16.1 Å². The van der Waals surface area contributed by atoms with E-state index < -0.39 is 0 Å². The van der Waals surface area contributed by atoms with Crippen LogP contribution in [0.25, 0.3) is 0 Å². The van der Waals surface area contributed by atoms with E-state index in [4.69, 9.17) is 0 Å². The molecule has 1 heterocycles. The van der Waals surface area contributed by atoms with Gasteiger partial charge in [0, 0.05) is 23.0 Å². The molecule has 2 nitrogen and oxygen atoms in total. The van der Waals surface area contributed by atoms with Gasteiger partial charge < -0.3 is 5.32 Å². The maximum atomic E-state index is 4.57. The fourth-order valence-corrected chi connectivity index (χ4v) is 2.68. The van der Waals surface area contributed by atoms with Crippen LogP contribution < -0.4 is 5.32 Å². The number of aryl methyl sites for hydroxylation is 1. The lowest BCUT2D eigenvalue weighted by Gasteiger charge is -2.22. The second-order valence-electron chi connectivity index (χ2n) is 4.08. The number of hydrogen-bond donors (Lipinski definition) is 1. The van der Waals surface area contributed by atoms with E-state index in [2.05, 4.69) is 43.4 Å². The fraction of sp³-hybridized carbons (Fsp3) is 0.750. The van der Waals surface area contributed by atoms with Crippen LogP contribution in [-0.4, -0.2) is 17.6 Å². The Bertz CT molecular complexity index is 283. The number of hydrogen-bond acceptors (Lipinski definition) is 3. The van der Waals surface area contributed by atoms with Crippen LogP contribution in [-0.2, 0) is 0 Å². The molecule has 2 unspecified atom stereocenters. The van der Waals surface area contributed by atoms with Gasteiger partial charge in [0.15, 0.2) is 0 Å². The predicted molar refractivity (Wildman–Crippen MR) is 67.6 cm³/mol. The molecular weight excluding hydrogens is 204 g/mol. The summed E-state index contributed by atoms with van der Waals surface area (Å²) < 4.78 is 0. The first-order chi connectivity index (χ1) is 7.19. The van der Waals surface area contributed by atoms with Crippen molar-refractivity contribution in [2.75, 3.05) is 6.54 Å². The van der Waals surface area contributed by atoms with Gasteiger partial charge in [-0.1, -0.05) is 20.8 Å². The molecule has 15 heavy (non-hydrogen) atoms. The molecule has 0 aliphatic heterocycles. The average molecular weight is 226 g/mol. The molecule has 2 atom stereocenters. The quantitative estimate of drug-likeness (QED) is 0.805. The van der Waals surface area contributed by atoms with E-state index in [-0.39, 0.29) is 0 Å². The molecule has 86 valence electrons. The van der Waals surface area contributed by atoms with E-state index in [1.54, 1.807) is 11.3 Å². The molecule has 0 saturated carbocycles. The zero-order valence-corrected chi connectivity index (χ0v) is 11.0. The van der Waals surface area contributed by atoms with E-state index in [0.717, 1.165) is 12.2 Å². The van der Waals surface area contributed by atoms with E-state index in [1.807, 2.05) is 0 Å². The Morgan fingerprint density at radius 3 is 2.67 bits per heavy atom. The molecule has 0 aliphatic rings. The molecule has 1 N–H and O–H groups in total. The molecule has 0 bridgehead atoms. The van der Waals surface area contributed by atoms with Crippen LogP contribution in [0.2, 0.25) is 0 Å². The number of nitrogens with one attached hydrogen (secondary N) is 1. The van der Waals surface area contributed by atoms with Crippen molar-refractivity contribution < 1.29 is 0 Å². The van der Waals surface area contributed by atoms with Gasteiger partial charge in [-0.2, -0.15) is 0 Å². The zero-order valence-electron chi connectivity index (χ0n) is 10.2. The van der Waals surface area contributed by atoms with Crippen LogP contribution in [0.3, 0.4) is 0 Å². The van der Waals surface area contributed by atoms with Gasteiger partial charge in [0.05, 0.1) is 5.01 Å². The number of rotatable bonds is 6. The smallest absolute Gasteiger partial charge is 0.0971 e. The third kappa shape index (κ3) is 3.58. The van der Waals surface area contributed by atoms with Gasteiger partial charge in [0.2, 0.25) is 0 Å². The monoisotopic (exact) mass is 226 g/mol. The summed E-state index contributed by atoms with van der Waals surface area (Å²) >= 11 is 1.78. The van der Waals surface area contributed by atoms with Crippen LogP contribution in [0, 0.1) is 6.92 Å². The SMILES string of the molecule is CCCNC(CC)C(C)c1nc(C)cs1. The minimum Gasteiger partial charge on any atom is -0.313 e. The summed E-state index contributed by atoms with van der Waals surface area (Å²) in [6, 6.07) is 0.565. The highest BCUT2D eigenvalue weighted by atomic mass is 32.1. The Balaban J connectivity index is 2.59. The molecule has 0 spiro atoms. The molecule has 0 aliphatic carbocycles. The first-order valence-corrected chi connectivity index (χ1v) is 6.72. The van der Waals surface area contributed by atoms with Gasteiger partial charge in [0.25, 0.3) is 0 Å². The minimum absolute atomic E-state index is 0.528. The average Bonchev–Trinajstić information content (AvgIpc) is 2.65. The molecule has 3 heteroatoms. The summed E-state index contributed by atoms with van der Waals surface area (Å²) in [6.07, 6.45) is 2.36. The molecule has 0 radical (unpaired) electrons. The van der Waals surface area contributed by atoms with Crippen molar-refractivity contribution >= 4 is 11.3 Å². The summed E-state index contributed by atoms with van der Waals surface area (Å²) in [5, 5.41) is 7.00. The van der Waals surface area contributed by atoms with Gasteiger partial charge in [0.1, 0.15) is 0 Å². The highest BCUT2D eigenvalue weighted by Crippen LogP contribution is 2.24. The number of nitrogens with zero attached hydrogens (tertiary/aromatic N) is 1. The van der Waals surface area contributed by atoms with Crippen molar-refractivity contribution in [1.82, 2.24) is 10.3 Å². The standard InChI is InChI=1S/C12H22N2S/c1-5-7-13-11(6-2)10(4)12-14-9(3)8-15-12/h8,10-11,13H,5-7H2,1-4H3. The Morgan fingerprint density at radius 2 is 2.20 bits per heavy atom.